The van der Waals surface area contributed by atoms with Gasteiger partial charge in [-0.25, -0.2) is 4.98 Å². The molecule has 4 rings (SSSR count). The highest BCUT2D eigenvalue weighted by atomic mass is 32.1. The number of likely N-dealkylation sites (tertiary alicyclic amines) is 1. The summed E-state index contributed by atoms with van der Waals surface area (Å²) < 4.78 is 0. The summed E-state index contributed by atoms with van der Waals surface area (Å²) in [6.45, 7) is 3.32. The van der Waals surface area contributed by atoms with Gasteiger partial charge in [0.05, 0.1) is 9.88 Å². The van der Waals surface area contributed by atoms with Crippen molar-refractivity contribution in [2.24, 2.45) is 5.92 Å². The third-order valence-electron chi connectivity index (χ3n) is 6.05. The summed E-state index contributed by atoms with van der Waals surface area (Å²) >= 11 is 2.99. The van der Waals surface area contributed by atoms with Crippen molar-refractivity contribution < 1.29 is 9.59 Å². The molecule has 7 heteroatoms. The van der Waals surface area contributed by atoms with Crippen LogP contribution in [0, 0.1) is 12.8 Å². The third-order valence-corrected chi connectivity index (χ3v) is 7.68. The van der Waals surface area contributed by atoms with Gasteiger partial charge < -0.3 is 9.80 Å². The van der Waals surface area contributed by atoms with Crippen molar-refractivity contribution in [2.75, 3.05) is 20.1 Å². The normalized spacial score (nSPS) is 15.6. The maximum Gasteiger partial charge on any atom is 0.273 e. The van der Waals surface area contributed by atoms with Crippen molar-refractivity contribution in [3.8, 4) is 0 Å². The molecule has 1 atom stereocenters. The fourth-order valence-corrected chi connectivity index (χ4v) is 5.60. The lowest BCUT2D eigenvalue weighted by atomic mass is 9.84. The summed E-state index contributed by atoms with van der Waals surface area (Å²) in [4.78, 5) is 34.8. The Bertz CT molecular complexity index is 1010. The van der Waals surface area contributed by atoms with E-state index in [9.17, 15) is 9.59 Å². The van der Waals surface area contributed by atoms with E-state index in [1.54, 1.807) is 0 Å². The fraction of sp³-hybridized carbons (Fsp3) is 0.375. The third kappa shape index (κ3) is 5.05. The van der Waals surface area contributed by atoms with E-state index in [-0.39, 0.29) is 17.9 Å². The number of carbonyl (C=O) groups is 2. The molecule has 162 valence electrons. The van der Waals surface area contributed by atoms with Gasteiger partial charge in [-0.15, -0.1) is 22.7 Å². The smallest absolute Gasteiger partial charge is 0.273 e. The molecule has 0 bridgehead atoms. The number of carbonyl (C=O) groups excluding carboxylic acids is 2. The lowest BCUT2D eigenvalue weighted by Crippen LogP contribution is -2.48. The van der Waals surface area contributed by atoms with Gasteiger partial charge in [-0.2, -0.15) is 0 Å². The number of hydrogen-bond acceptors (Lipinski definition) is 5. The predicted octanol–water partition coefficient (Wildman–Crippen LogP) is 4.75. The van der Waals surface area contributed by atoms with Crippen molar-refractivity contribution in [3.63, 3.8) is 0 Å². The average molecular weight is 454 g/mol. The summed E-state index contributed by atoms with van der Waals surface area (Å²) in [5.74, 6) is 0.438. The van der Waals surface area contributed by atoms with Crippen molar-refractivity contribution in [2.45, 2.75) is 32.2 Å². The first-order valence-corrected chi connectivity index (χ1v) is 12.3. The van der Waals surface area contributed by atoms with E-state index in [0.29, 0.717) is 24.7 Å². The molecule has 0 aliphatic carbocycles. The van der Waals surface area contributed by atoms with Crippen LogP contribution in [0.25, 0.3) is 0 Å². The van der Waals surface area contributed by atoms with Crippen LogP contribution in [0.2, 0.25) is 0 Å². The lowest BCUT2D eigenvalue weighted by molar-refractivity contribution is 0.0522. The monoisotopic (exact) mass is 453 g/mol. The molecule has 1 saturated heterocycles. The molecule has 0 saturated carbocycles. The molecule has 2 amide bonds. The van der Waals surface area contributed by atoms with E-state index in [1.165, 1.54) is 28.2 Å². The first-order valence-electron chi connectivity index (χ1n) is 10.6. The van der Waals surface area contributed by atoms with E-state index in [0.717, 1.165) is 29.1 Å². The van der Waals surface area contributed by atoms with Gasteiger partial charge in [0.15, 0.2) is 0 Å². The van der Waals surface area contributed by atoms with E-state index >= 15 is 0 Å². The van der Waals surface area contributed by atoms with Crippen LogP contribution >= 0.6 is 22.7 Å². The van der Waals surface area contributed by atoms with Crippen LogP contribution in [-0.4, -0.2) is 52.8 Å². The number of thiophene rings is 1. The maximum atomic E-state index is 13.1. The number of thiazole rings is 1. The van der Waals surface area contributed by atoms with Crippen LogP contribution in [0.3, 0.4) is 0 Å². The summed E-state index contributed by atoms with van der Waals surface area (Å²) in [6.07, 6.45) is 2.58. The van der Waals surface area contributed by atoms with Gasteiger partial charge in [0, 0.05) is 31.6 Å². The standard InChI is InChI=1S/C24H27N3O2S2/c1-17-25-20(16-31-17)23(28)27-12-10-19(11-13-27)21(15-18-7-4-3-5-8-18)26(2)24(29)22-9-6-14-30-22/h3-9,14,16,19,21H,10-13,15H2,1-2H3. The van der Waals surface area contributed by atoms with Gasteiger partial charge in [0.2, 0.25) is 0 Å². The fourth-order valence-electron chi connectivity index (χ4n) is 4.31. The van der Waals surface area contributed by atoms with Crippen molar-refractivity contribution in [1.29, 1.82) is 0 Å². The first-order chi connectivity index (χ1) is 15.0. The number of nitrogens with zero attached hydrogens (tertiary/aromatic N) is 3. The van der Waals surface area contributed by atoms with Crippen LogP contribution in [-0.2, 0) is 6.42 Å². The van der Waals surface area contributed by atoms with Crippen LogP contribution in [0.1, 0.15) is 43.6 Å². The molecule has 1 aromatic carbocycles. The summed E-state index contributed by atoms with van der Waals surface area (Å²) in [7, 11) is 1.92. The maximum absolute atomic E-state index is 13.1. The second-order valence-corrected chi connectivity index (χ2v) is 10.0. The second-order valence-electron chi connectivity index (χ2n) is 8.03. The van der Waals surface area contributed by atoms with Crippen LogP contribution in [0.4, 0.5) is 0 Å². The Balaban J connectivity index is 1.48. The topological polar surface area (TPSA) is 53.5 Å². The lowest BCUT2D eigenvalue weighted by Gasteiger charge is -2.40. The van der Waals surface area contributed by atoms with Gasteiger partial charge >= 0.3 is 0 Å². The predicted molar refractivity (Wildman–Crippen MR) is 126 cm³/mol. The Kier molecular flexibility index (Phi) is 6.83. The van der Waals surface area contributed by atoms with Gasteiger partial charge in [0.25, 0.3) is 11.8 Å². The second kappa shape index (κ2) is 9.75. The van der Waals surface area contributed by atoms with E-state index in [1.807, 2.05) is 64.9 Å². The number of benzene rings is 1. The molecule has 0 N–H and O–H groups in total. The van der Waals surface area contributed by atoms with Crippen molar-refractivity contribution in [3.05, 3.63) is 74.4 Å². The molecule has 1 aliphatic rings. The Morgan fingerprint density at radius 3 is 2.48 bits per heavy atom. The number of aromatic nitrogens is 1. The van der Waals surface area contributed by atoms with E-state index < -0.39 is 0 Å². The Morgan fingerprint density at radius 1 is 1.13 bits per heavy atom. The molecule has 1 aliphatic heterocycles. The quantitative estimate of drug-likeness (QED) is 0.541. The SMILES string of the molecule is Cc1nc(C(=O)N2CCC(C(Cc3ccccc3)N(C)C(=O)c3cccs3)CC2)cs1. The number of aryl methyl sites for hydroxylation is 1. The zero-order valence-corrected chi connectivity index (χ0v) is 19.5. The van der Waals surface area contributed by atoms with Gasteiger partial charge in [-0.05, 0) is 49.1 Å². The summed E-state index contributed by atoms with van der Waals surface area (Å²) in [5, 5.41) is 4.70. The number of amides is 2. The molecule has 5 nitrogen and oxygen atoms in total. The van der Waals surface area contributed by atoms with Gasteiger partial charge in [-0.1, -0.05) is 36.4 Å². The molecular formula is C24H27N3O2S2. The summed E-state index contributed by atoms with van der Waals surface area (Å²) in [5.41, 5.74) is 1.78. The number of rotatable bonds is 6. The minimum absolute atomic E-state index is 0.0189. The first kappa shape index (κ1) is 21.7. The minimum atomic E-state index is 0.0189. The van der Waals surface area contributed by atoms with Gasteiger partial charge in [-0.3, -0.25) is 9.59 Å². The highest BCUT2D eigenvalue weighted by molar-refractivity contribution is 7.12. The van der Waals surface area contributed by atoms with Crippen molar-refractivity contribution in [1.82, 2.24) is 14.8 Å². The minimum Gasteiger partial charge on any atom is -0.337 e. The van der Waals surface area contributed by atoms with Crippen LogP contribution < -0.4 is 0 Å². The van der Waals surface area contributed by atoms with Crippen LogP contribution in [0.15, 0.2) is 53.2 Å². The molecule has 1 fully saturated rings. The highest BCUT2D eigenvalue weighted by Crippen LogP contribution is 2.28. The average Bonchev–Trinajstić information content (AvgIpc) is 3.49. The number of piperidine rings is 1. The Hall–Kier alpha value is -2.51. The van der Waals surface area contributed by atoms with Crippen molar-refractivity contribution >= 4 is 34.5 Å². The molecule has 3 aromatic rings. The Labute approximate surface area is 191 Å². The van der Waals surface area contributed by atoms with E-state index in [4.69, 9.17) is 0 Å². The summed E-state index contributed by atoms with van der Waals surface area (Å²) in [6, 6.07) is 14.3. The molecule has 1 unspecified atom stereocenters. The molecule has 2 aromatic heterocycles. The molecular weight excluding hydrogens is 426 g/mol. The zero-order valence-electron chi connectivity index (χ0n) is 17.9. The zero-order chi connectivity index (χ0) is 21.8. The molecule has 0 radical (unpaired) electrons. The molecule has 31 heavy (non-hydrogen) atoms. The highest BCUT2D eigenvalue weighted by Gasteiger charge is 2.33. The van der Waals surface area contributed by atoms with Gasteiger partial charge in [0.1, 0.15) is 5.69 Å². The largest absolute Gasteiger partial charge is 0.337 e. The number of likely N-dealkylation sites (N-methyl/N-ethyl adjacent to an activating group) is 1. The van der Waals surface area contributed by atoms with E-state index in [2.05, 4.69) is 17.1 Å². The Morgan fingerprint density at radius 2 is 1.87 bits per heavy atom. The molecule has 0 spiro atoms. The number of hydrogen-bond donors (Lipinski definition) is 0. The van der Waals surface area contributed by atoms with Crippen LogP contribution in [0.5, 0.6) is 0 Å². The molecule has 3 heterocycles.